The summed E-state index contributed by atoms with van der Waals surface area (Å²) in [5, 5.41) is 10.1. The zero-order valence-corrected chi connectivity index (χ0v) is 18.2. The minimum atomic E-state index is -0.287. The fourth-order valence-corrected chi connectivity index (χ4v) is 3.49. The molecule has 33 heavy (non-hydrogen) atoms. The van der Waals surface area contributed by atoms with Gasteiger partial charge in [0, 0.05) is 29.1 Å². The van der Waals surface area contributed by atoms with E-state index in [1.54, 1.807) is 55.6 Å². The molecule has 0 radical (unpaired) electrons. The van der Waals surface area contributed by atoms with Crippen molar-refractivity contribution < 1.29 is 9.18 Å². The molecule has 2 heterocycles. The maximum Gasteiger partial charge on any atom is 0.257 e. The zero-order valence-electron chi connectivity index (χ0n) is 18.2. The van der Waals surface area contributed by atoms with Crippen molar-refractivity contribution in [1.29, 1.82) is 5.41 Å². The molecule has 0 atom stereocenters. The van der Waals surface area contributed by atoms with Gasteiger partial charge in [-0.1, -0.05) is 18.2 Å². The minimum Gasteiger partial charge on any atom is -0.338 e. The van der Waals surface area contributed by atoms with Gasteiger partial charge >= 0.3 is 0 Å². The highest BCUT2D eigenvalue weighted by molar-refractivity contribution is 6.05. The number of aromatic nitrogens is 3. The number of aromatic amines is 1. The van der Waals surface area contributed by atoms with E-state index < -0.39 is 0 Å². The SMILES string of the molecule is Cc1cc(-c2nc(/C=C\C=N)[nH]c2-c2ccnc(NC(=O)c3ccccc3C)c2)ccc1F. The monoisotopic (exact) mass is 439 g/mol. The first-order valence-electron chi connectivity index (χ1n) is 10.3. The summed E-state index contributed by atoms with van der Waals surface area (Å²) in [7, 11) is 0. The number of benzene rings is 2. The molecular weight excluding hydrogens is 417 g/mol. The molecule has 0 fully saturated rings. The van der Waals surface area contributed by atoms with Crippen molar-refractivity contribution in [3.8, 4) is 22.5 Å². The number of anilines is 1. The Labute approximate surface area is 190 Å². The molecule has 0 unspecified atom stereocenters. The largest absolute Gasteiger partial charge is 0.338 e. The molecule has 7 heteroatoms. The number of imidazole rings is 1. The van der Waals surface area contributed by atoms with E-state index in [0.717, 1.165) is 22.9 Å². The van der Waals surface area contributed by atoms with Gasteiger partial charge in [-0.15, -0.1) is 0 Å². The van der Waals surface area contributed by atoms with E-state index in [2.05, 4.69) is 20.3 Å². The van der Waals surface area contributed by atoms with Gasteiger partial charge in [0.15, 0.2) is 0 Å². The molecule has 4 rings (SSSR count). The summed E-state index contributed by atoms with van der Waals surface area (Å²) in [4.78, 5) is 24.9. The molecule has 0 bridgehead atoms. The third-order valence-corrected chi connectivity index (χ3v) is 5.18. The summed E-state index contributed by atoms with van der Waals surface area (Å²) in [6.45, 7) is 3.58. The van der Waals surface area contributed by atoms with Crippen LogP contribution in [0.25, 0.3) is 28.6 Å². The molecule has 0 saturated carbocycles. The Hall–Kier alpha value is -4.39. The molecule has 4 aromatic rings. The second-order valence-corrected chi connectivity index (χ2v) is 7.53. The summed E-state index contributed by atoms with van der Waals surface area (Å²) >= 11 is 0. The number of hydrogen-bond donors (Lipinski definition) is 3. The van der Waals surface area contributed by atoms with Crippen LogP contribution in [0, 0.1) is 25.1 Å². The number of carbonyl (C=O) groups is 1. The molecule has 0 saturated heterocycles. The molecule has 3 N–H and O–H groups in total. The highest BCUT2D eigenvalue weighted by Crippen LogP contribution is 2.32. The lowest BCUT2D eigenvalue weighted by atomic mass is 10.0. The molecule has 0 aliphatic rings. The van der Waals surface area contributed by atoms with Crippen molar-refractivity contribution in [2.45, 2.75) is 13.8 Å². The van der Waals surface area contributed by atoms with E-state index in [4.69, 9.17) is 5.41 Å². The highest BCUT2D eigenvalue weighted by atomic mass is 19.1. The first-order chi connectivity index (χ1) is 16.0. The van der Waals surface area contributed by atoms with E-state index in [0.29, 0.717) is 34.2 Å². The lowest BCUT2D eigenvalue weighted by Gasteiger charge is -2.09. The Morgan fingerprint density at radius 3 is 2.64 bits per heavy atom. The van der Waals surface area contributed by atoms with Crippen molar-refractivity contribution in [3.05, 3.63) is 95.2 Å². The van der Waals surface area contributed by atoms with Crippen LogP contribution >= 0.6 is 0 Å². The van der Waals surface area contributed by atoms with Crippen molar-refractivity contribution in [3.63, 3.8) is 0 Å². The highest BCUT2D eigenvalue weighted by Gasteiger charge is 2.16. The molecule has 2 aromatic heterocycles. The van der Waals surface area contributed by atoms with Crippen molar-refractivity contribution in [2.75, 3.05) is 5.32 Å². The number of allylic oxidation sites excluding steroid dienone is 1. The Morgan fingerprint density at radius 1 is 1.06 bits per heavy atom. The molecule has 164 valence electrons. The van der Waals surface area contributed by atoms with Crippen LogP contribution in [-0.2, 0) is 0 Å². The number of halogens is 1. The minimum absolute atomic E-state index is 0.244. The van der Waals surface area contributed by atoms with Gasteiger partial charge in [0.2, 0.25) is 0 Å². The lowest BCUT2D eigenvalue weighted by molar-refractivity contribution is 0.102. The second-order valence-electron chi connectivity index (χ2n) is 7.53. The molecule has 0 aliphatic carbocycles. The average molecular weight is 439 g/mol. The summed E-state index contributed by atoms with van der Waals surface area (Å²) in [6.07, 6.45) is 6.01. The van der Waals surface area contributed by atoms with Crippen LogP contribution in [0.2, 0.25) is 0 Å². The third kappa shape index (κ3) is 4.77. The van der Waals surface area contributed by atoms with Gasteiger partial charge in [-0.25, -0.2) is 14.4 Å². The van der Waals surface area contributed by atoms with E-state index in [1.165, 1.54) is 6.07 Å². The number of hydrogen-bond acceptors (Lipinski definition) is 4. The van der Waals surface area contributed by atoms with Gasteiger partial charge in [-0.3, -0.25) is 4.79 Å². The number of nitrogens with zero attached hydrogens (tertiary/aromatic N) is 2. The predicted octanol–water partition coefficient (Wildman–Crippen LogP) is 5.81. The number of aryl methyl sites for hydroxylation is 2. The summed E-state index contributed by atoms with van der Waals surface area (Å²) < 4.78 is 13.8. The van der Waals surface area contributed by atoms with Crippen LogP contribution < -0.4 is 5.32 Å². The molecule has 0 spiro atoms. The maximum atomic E-state index is 13.8. The van der Waals surface area contributed by atoms with Gasteiger partial charge in [-0.05, 0) is 73.5 Å². The first-order valence-corrected chi connectivity index (χ1v) is 10.3. The number of pyridine rings is 1. The van der Waals surface area contributed by atoms with Crippen LogP contribution in [-0.4, -0.2) is 27.1 Å². The van der Waals surface area contributed by atoms with Gasteiger partial charge in [0.25, 0.3) is 5.91 Å². The molecule has 0 aliphatic heterocycles. The van der Waals surface area contributed by atoms with Crippen molar-refractivity contribution in [1.82, 2.24) is 15.0 Å². The van der Waals surface area contributed by atoms with Crippen LogP contribution in [0.3, 0.4) is 0 Å². The quantitative estimate of drug-likeness (QED) is 0.331. The molecule has 2 aromatic carbocycles. The third-order valence-electron chi connectivity index (χ3n) is 5.18. The van der Waals surface area contributed by atoms with Crippen LogP contribution in [0.4, 0.5) is 10.2 Å². The Bertz CT molecular complexity index is 1370. The van der Waals surface area contributed by atoms with Gasteiger partial charge in [0.05, 0.1) is 11.4 Å². The maximum absolute atomic E-state index is 13.8. The summed E-state index contributed by atoms with van der Waals surface area (Å²) in [6, 6.07) is 15.7. The lowest BCUT2D eigenvalue weighted by Crippen LogP contribution is -2.14. The van der Waals surface area contributed by atoms with Crippen LogP contribution in [0.15, 0.2) is 66.9 Å². The number of amides is 1. The molecule has 6 nitrogen and oxygen atoms in total. The zero-order chi connectivity index (χ0) is 23.4. The number of H-pyrrole nitrogens is 1. The number of rotatable bonds is 6. The Kier molecular flexibility index (Phi) is 6.22. The molecule has 1 amide bonds. The number of carbonyl (C=O) groups excluding carboxylic acids is 1. The van der Waals surface area contributed by atoms with E-state index in [9.17, 15) is 9.18 Å². The van der Waals surface area contributed by atoms with E-state index >= 15 is 0 Å². The smallest absolute Gasteiger partial charge is 0.257 e. The van der Waals surface area contributed by atoms with Crippen molar-refractivity contribution >= 4 is 24.0 Å². The Morgan fingerprint density at radius 2 is 1.88 bits per heavy atom. The molecular formula is C26H22FN5O. The topological polar surface area (TPSA) is 94.5 Å². The summed E-state index contributed by atoms with van der Waals surface area (Å²) in [5.41, 5.74) is 4.79. The fraction of sp³-hybridized carbons (Fsp3) is 0.0769. The number of nitrogens with one attached hydrogen (secondary N) is 3. The average Bonchev–Trinajstić information content (AvgIpc) is 3.24. The van der Waals surface area contributed by atoms with Gasteiger partial charge < -0.3 is 15.7 Å². The fourth-order valence-electron chi connectivity index (χ4n) is 3.49. The normalized spacial score (nSPS) is 11.0. The predicted molar refractivity (Wildman–Crippen MR) is 129 cm³/mol. The summed E-state index contributed by atoms with van der Waals surface area (Å²) in [5.74, 6) is 0.414. The first kappa shape index (κ1) is 21.8. The van der Waals surface area contributed by atoms with Gasteiger partial charge in [0.1, 0.15) is 17.5 Å². The van der Waals surface area contributed by atoms with Crippen molar-refractivity contribution in [2.24, 2.45) is 0 Å². The van der Waals surface area contributed by atoms with Gasteiger partial charge in [-0.2, -0.15) is 0 Å². The van der Waals surface area contributed by atoms with Crippen LogP contribution in [0.1, 0.15) is 27.3 Å². The Balaban J connectivity index is 1.74. The van der Waals surface area contributed by atoms with Crippen LogP contribution in [0.5, 0.6) is 0 Å². The second kappa shape index (κ2) is 9.40. The standard InChI is InChI=1S/C26H22FN5O/c1-16-6-3-4-7-20(16)26(33)32-23-15-19(11-13-29-23)25-24(30-22(31-25)8-5-12-28)18-9-10-21(27)17(2)14-18/h3-15,28H,1-2H3,(H,30,31)(H,29,32,33)/b8-5-,28-12?. The van der Waals surface area contributed by atoms with E-state index in [-0.39, 0.29) is 11.7 Å². The van der Waals surface area contributed by atoms with E-state index in [1.807, 2.05) is 25.1 Å².